The minimum Gasteiger partial charge on any atom is -0.308 e. The molecular formula is C21H20N4O2S. The number of nitrogens with zero attached hydrogens (tertiary/aromatic N) is 2. The van der Waals surface area contributed by atoms with E-state index in [1.807, 2.05) is 42.5 Å². The summed E-state index contributed by atoms with van der Waals surface area (Å²) < 4.78 is 0. The van der Waals surface area contributed by atoms with E-state index in [1.165, 1.54) is 11.8 Å². The first kappa shape index (κ1) is 18.4. The lowest BCUT2D eigenvalue weighted by molar-refractivity contribution is -0.119. The molecule has 2 N–H and O–H groups in total. The summed E-state index contributed by atoms with van der Waals surface area (Å²) in [6.07, 6.45) is 2.22. The van der Waals surface area contributed by atoms with Gasteiger partial charge in [-0.3, -0.25) is 10.1 Å². The molecule has 3 amide bonds. The third-order valence-electron chi connectivity index (χ3n) is 4.45. The molecule has 1 aliphatic rings. The first-order valence-electron chi connectivity index (χ1n) is 9.20. The number of anilines is 1. The van der Waals surface area contributed by atoms with E-state index in [1.54, 1.807) is 19.1 Å². The number of imide groups is 1. The number of para-hydroxylation sites is 2. The maximum atomic E-state index is 12.5. The Morgan fingerprint density at radius 1 is 1.04 bits per heavy atom. The summed E-state index contributed by atoms with van der Waals surface area (Å²) in [6, 6.07) is 16.3. The van der Waals surface area contributed by atoms with Crippen molar-refractivity contribution in [2.45, 2.75) is 36.0 Å². The number of rotatable bonds is 5. The van der Waals surface area contributed by atoms with Crippen LogP contribution in [0.4, 0.5) is 10.5 Å². The van der Waals surface area contributed by atoms with Gasteiger partial charge in [-0.05, 0) is 38.0 Å². The van der Waals surface area contributed by atoms with Crippen molar-refractivity contribution < 1.29 is 9.59 Å². The lowest BCUT2D eigenvalue weighted by atomic mass is 10.2. The standard InChI is InChI=1S/C21H20N4O2S/c1-13(19(26)25-21(27)22-15-7-3-2-4-8-15)28-20-16-9-5-6-10-17(16)23-18(24-20)14-11-12-14/h2-10,13-14H,11-12H2,1H3,(H2,22,25,26,27). The highest BCUT2D eigenvalue weighted by molar-refractivity contribution is 8.00. The minimum absolute atomic E-state index is 0.367. The number of carbonyl (C=O) groups excluding carboxylic acids is 2. The van der Waals surface area contributed by atoms with Crippen LogP contribution in [0, 0.1) is 0 Å². The SMILES string of the molecule is CC(Sc1nc(C2CC2)nc2ccccc12)C(=O)NC(=O)Nc1ccccc1. The molecule has 1 saturated carbocycles. The van der Waals surface area contributed by atoms with Gasteiger partial charge in [0.2, 0.25) is 5.91 Å². The van der Waals surface area contributed by atoms with E-state index in [0.29, 0.717) is 11.6 Å². The molecule has 0 bridgehead atoms. The van der Waals surface area contributed by atoms with Gasteiger partial charge in [0.05, 0.1) is 10.8 Å². The zero-order chi connectivity index (χ0) is 19.5. The Labute approximate surface area is 167 Å². The van der Waals surface area contributed by atoms with Gasteiger partial charge in [0.25, 0.3) is 0 Å². The van der Waals surface area contributed by atoms with Gasteiger partial charge in [0, 0.05) is 17.0 Å². The third kappa shape index (κ3) is 4.31. The number of carbonyl (C=O) groups is 2. The molecule has 3 aromatic rings. The van der Waals surface area contributed by atoms with Crippen LogP contribution in [0.2, 0.25) is 0 Å². The van der Waals surface area contributed by atoms with Crippen molar-refractivity contribution in [3.63, 3.8) is 0 Å². The number of nitrogens with one attached hydrogen (secondary N) is 2. The molecule has 0 spiro atoms. The van der Waals surface area contributed by atoms with Crippen molar-refractivity contribution in [3.8, 4) is 0 Å². The molecule has 142 valence electrons. The Balaban J connectivity index is 1.46. The predicted molar refractivity (Wildman–Crippen MR) is 110 cm³/mol. The van der Waals surface area contributed by atoms with E-state index in [9.17, 15) is 9.59 Å². The average Bonchev–Trinajstić information content (AvgIpc) is 3.54. The minimum atomic E-state index is -0.546. The first-order chi connectivity index (χ1) is 13.6. The molecule has 4 rings (SSSR count). The highest BCUT2D eigenvalue weighted by Gasteiger charge is 2.28. The van der Waals surface area contributed by atoms with Gasteiger partial charge in [0.1, 0.15) is 10.9 Å². The third-order valence-corrected chi connectivity index (χ3v) is 5.56. The normalized spacial score (nSPS) is 14.5. The maximum Gasteiger partial charge on any atom is 0.325 e. The van der Waals surface area contributed by atoms with E-state index in [-0.39, 0.29) is 5.91 Å². The summed E-state index contributed by atoms with van der Waals surface area (Å²) in [7, 11) is 0. The fourth-order valence-corrected chi connectivity index (χ4v) is 3.74. The second kappa shape index (κ2) is 7.98. The van der Waals surface area contributed by atoms with Crippen LogP contribution >= 0.6 is 11.8 Å². The topological polar surface area (TPSA) is 84.0 Å². The van der Waals surface area contributed by atoms with Gasteiger partial charge in [-0.2, -0.15) is 0 Å². The van der Waals surface area contributed by atoms with Gasteiger partial charge in [-0.25, -0.2) is 14.8 Å². The Hall–Kier alpha value is -2.93. The summed E-state index contributed by atoms with van der Waals surface area (Å²) in [4.78, 5) is 33.9. The molecule has 6 nitrogen and oxygen atoms in total. The molecule has 1 aliphatic carbocycles. The summed E-state index contributed by atoms with van der Waals surface area (Å²) >= 11 is 1.35. The van der Waals surface area contributed by atoms with Gasteiger partial charge in [-0.15, -0.1) is 0 Å². The lowest BCUT2D eigenvalue weighted by Crippen LogP contribution is -2.38. The van der Waals surface area contributed by atoms with E-state index in [0.717, 1.165) is 34.6 Å². The van der Waals surface area contributed by atoms with Gasteiger partial charge < -0.3 is 5.32 Å². The number of thioether (sulfide) groups is 1. The summed E-state index contributed by atoms with van der Waals surface area (Å²) in [6.45, 7) is 1.77. The number of urea groups is 1. The van der Waals surface area contributed by atoms with Crippen LogP contribution in [0.25, 0.3) is 10.9 Å². The van der Waals surface area contributed by atoms with Crippen LogP contribution in [0.15, 0.2) is 59.6 Å². The summed E-state index contributed by atoms with van der Waals surface area (Å²) in [5.74, 6) is 0.898. The number of hydrogen-bond acceptors (Lipinski definition) is 5. The van der Waals surface area contributed by atoms with Gasteiger partial charge >= 0.3 is 6.03 Å². The molecular weight excluding hydrogens is 372 g/mol. The van der Waals surface area contributed by atoms with Crippen LogP contribution in [0.1, 0.15) is 31.5 Å². The van der Waals surface area contributed by atoms with Crippen molar-refractivity contribution in [3.05, 3.63) is 60.4 Å². The average molecular weight is 392 g/mol. The molecule has 0 aliphatic heterocycles. The van der Waals surface area contributed by atoms with E-state index >= 15 is 0 Å². The zero-order valence-electron chi connectivity index (χ0n) is 15.4. The molecule has 2 aromatic carbocycles. The van der Waals surface area contributed by atoms with Gasteiger partial charge in [-0.1, -0.05) is 48.2 Å². The molecule has 1 unspecified atom stereocenters. The van der Waals surface area contributed by atoms with Crippen molar-refractivity contribution in [2.24, 2.45) is 0 Å². The van der Waals surface area contributed by atoms with Crippen molar-refractivity contribution in [1.82, 2.24) is 15.3 Å². The van der Waals surface area contributed by atoms with E-state index in [2.05, 4.69) is 15.6 Å². The smallest absolute Gasteiger partial charge is 0.308 e. The van der Waals surface area contributed by atoms with Crippen LogP contribution in [0.5, 0.6) is 0 Å². The molecule has 1 atom stereocenters. The Morgan fingerprint density at radius 2 is 1.75 bits per heavy atom. The molecule has 1 aromatic heterocycles. The largest absolute Gasteiger partial charge is 0.325 e. The molecule has 0 radical (unpaired) electrons. The molecule has 7 heteroatoms. The quantitative estimate of drug-likeness (QED) is 0.499. The second-order valence-corrected chi connectivity index (χ2v) is 8.08. The fraction of sp³-hybridized carbons (Fsp3) is 0.238. The van der Waals surface area contributed by atoms with E-state index < -0.39 is 11.3 Å². The second-order valence-electron chi connectivity index (χ2n) is 6.75. The first-order valence-corrected chi connectivity index (χ1v) is 10.1. The lowest BCUT2D eigenvalue weighted by Gasteiger charge is -2.13. The molecule has 1 heterocycles. The maximum absolute atomic E-state index is 12.5. The van der Waals surface area contributed by atoms with E-state index in [4.69, 9.17) is 4.98 Å². The predicted octanol–water partition coefficient (Wildman–Crippen LogP) is 4.34. The number of benzene rings is 2. The van der Waals surface area contributed by atoms with Gasteiger partial charge in [0.15, 0.2) is 0 Å². The molecule has 0 saturated heterocycles. The number of aromatic nitrogens is 2. The highest BCUT2D eigenvalue weighted by atomic mass is 32.2. The number of fused-ring (bicyclic) bond motifs is 1. The Kier molecular flexibility index (Phi) is 5.25. The van der Waals surface area contributed by atoms with Crippen molar-refractivity contribution >= 4 is 40.3 Å². The summed E-state index contributed by atoms with van der Waals surface area (Å²) in [5, 5.41) is 6.26. The van der Waals surface area contributed by atoms with Crippen LogP contribution < -0.4 is 10.6 Å². The number of hydrogen-bond donors (Lipinski definition) is 2. The number of amides is 3. The Morgan fingerprint density at radius 3 is 2.50 bits per heavy atom. The van der Waals surface area contributed by atoms with Crippen molar-refractivity contribution in [2.75, 3.05) is 5.32 Å². The molecule has 1 fully saturated rings. The monoisotopic (exact) mass is 392 g/mol. The van der Waals surface area contributed by atoms with Crippen molar-refractivity contribution in [1.29, 1.82) is 0 Å². The highest BCUT2D eigenvalue weighted by Crippen LogP contribution is 2.40. The molecule has 28 heavy (non-hydrogen) atoms. The van der Waals surface area contributed by atoms with Crippen LogP contribution in [0.3, 0.4) is 0 Å². The Bertz CT molecular complexity index is 1020. The van der Waals surface area contributed by atoms with Crippen LogP contribution in [-0.4, -0.2) is 27.2 Å². The zero-order valence-corrected chi connectivity index (χ0v) is 16.2. The fourth-order valence-electron chi connectivity index (χ4n) is 2.80. The summed E-state index contributed by atoms with van der Waals surface area (Å²) in [5.41, 5.74) is 1.51. The van der Waals surface area contributed by atoms with Crippen LogP contribution in [-0.2, 0) is 4.79 Å².